The lowest BCUT2D eigenvalue weighted by molar-refractivity contribution is -0.146. The normalized spacial score (nSPS) is 18.4. The Morgan fingerprint density at radius 3 is 2.48 bits per heavy atom. The molecule has 0 spiro atoms. The Balaban J connectivity index is 1.79. The van der Waals surface area contributed by atoms with E-state index < -0.39 is 17.9 Å². The fraction of sp³-hybridized carbons (Fsp3) is 0.500. The summed E-state index contributed by atoms with van der Waals surface area (Å²) in [7, 11) is 1.29. The molecule has 0 radical (unpaired) electrons. The zero-order valence-electron chi connectivity index (χ0n) is 15.5. The molecule has 2 heterocycles. The van der Waals surface area contributed by atoms with Crippen LogP contribution in [0, 0.1) is 5.92 Å². The molecule has 1 aliphatic heterocycles. The van der Waals surface area contributed by atoms with Gasteiger partial charge in [0.1, 0.15) is 0 Å². The number of hydrogen-bond acceptors (Lipinski definition) is 3. The van der Waals surface area contributed by atoms with E-state index in [1.54, 1.807) is 4.90 Å². The first-order valence-corrected chi connectivity index (χ1v) is 8.53. The summed E-state index contributed by atoms with van der Waals surface area (Å²) < 4.78 is 39.9. The molecule has 9 heteroatoms. The van der Waals surface area contributed by atoms with Crippen LogP contribution in [0.25, 0.3) is 11.0 Å². The molecule has 3 rings (SSSR count). The number of imidazole rings is 1. The third-order valence-corrected chi connectivity index (χ3v) is 4.71. The van der Waals surface area contributed by atoms with Gasteiger partial charge < -0.3 is 14.8 Å². The van der Waals surface area contributed by atoms with Gasteiger partial charge in [0.05, 0.1) is 17.0 Å². The van der Waals surface area contributed by atoms with Crippen LogP contribution in [-0.4, -0.2) is 38.3 Å². The van der Waals surface area contributed by atoms with E-state index in [0.717, 1.165) is 4.57 Å². The number of aryl methyl sites for hydroxylation is 1. The summed E-state index contributed by atoms with van der Waals surface area (Å²) in [6.45, 7) is 6.02. The molecule has 1 saturated heterocycles. The SMILES string of the molecule is Cn1c(C(F)(F)F)nc2cc(NC(=O)C3CC(=O)N(C(C)(C)C)C3)ccc21. The Bertz CT molecular complexity index is 912. The predicted molar refractivity (Wildman–Crippen MR) is 93.9 cm³/mol. The number of likely N-dealkylation sites (tertiary alicyclic amines) is 1. The molecule has 1 aromatic heterocycles. The average Bonchev–Trinajstić information content (AvgIpc) is 3.07. The molecule has 1 N–H and O–H groups in total. The topological polar surface area (TPSA) is 67.2 Å². The monoisotopic (exact) mass is 382 g/mol. The third-order valence-electron chi connectivity index (χ3n) is 4.71. The van der Waals surface area contributed by atoms with Crippen molar-refractivity contribution in [2.75, 3.05) is 11.9 Å². The standard InChI is InChI=1S/C18H21F3N4O2/c1-17(2,3)25-9-10(7-14(25)26)15(27)22-11-5-6-13-12(8-11)23-16(24(13)4)18(19,20)21/h5-6,8,10H,7,9H2,1-4H3,(H,22,27). The summed E-state index contributed by atoms with van der Waals surface area (Å²) in [5.74, 6) is -1.91. The quantitative estimate of drug-likeness (QED) is 0.868. The van der Waals surface area contributed by atoms with E-state index in [1.165, 1.54) is 25.2 Å². The molecule has 6 nitrogen and oxygen atoms in total. The number of anilines is 1. The second-order valence-corrected chi connectivity index (χ2v) is 7.76. The molecule has 146 valence electrons. The predicted octanol–water partition coefficient (Wildman–Crippen LogP) is 3.18. The molecular weight excluding hydrogens is 361 g/mol. The maximum absolute atomic E-state index is 13.0. The van der Waals surface area contributed by atoms with Crippen LogP contribution in [0.4, 0.5) is 18.9 Å². The Morgan fingerprint density at radius 1 is 1.26 bits per heavy atom. The molecule has 1 aliphatic rings. The molecule has 1 fully saturated rings. The minimum atomic E-state index is -4.56. The van der Waals surface area contributed by atoms with Crippen molar-refractivity contribution in [2.24, 2.45) is 13.0 Å². The van der Waals surface area contributed by atoms with Crippen molar-refractivity contribution < 1.29 is 22.8 Å². The van der Waals surface area contributed by atoms with Crippen LogP contribution >= 0.6 is 0 Å². The lowest BCUT2D eigenvalue weighted by Gasteiger charge is -2.31. The highest BCUT2D eigenvalue weighted by atomic mass is 19.4. The maximum Gasteiger partial charge on any atom is 0.449 e. The number of nitrogens with zero attached hydrogens (tertiary/aromatic N) is 3. The van der Waals surface area contributed by atoms with Crippen LogP contribution in [0.3, 0.4) is 0 Å². The van der Waals surface area contributed by atoms with Gasteiger partial charge in [-0.15, -0.1) is 0 Å². The third kappa shape index (κ3) is 3.63. The zero-order valence-corrected chi connectivity index (χ0v) is 15.5. The molecule has 0 bridgehead atoms. The van der Waals surface area contributed by atoms with E-state index >= 15 is 0 Å². The van der Waals surface area contributed by atoms with Crippen molar-refractivity contribution >= 4 is 28.5 Å². The van der Waals surface area contributed by atoms with Crippen molar-refractivity contribution in [3.8, 4) is 0 Å². The summed E-state index contributed by atoms with van der Waals surface area (Å²) in [6.07, 6.45) is -4.44. The molecule has 27 heavy (non-hydrogen) atoms. The Morgan fingerprint density at radius 2 is 1.93 bits per heavy atom. The Hall–Kier alpha value is -2.58. The molecule has 1 atom stereocenters. The number of nitrogens with one attached hydrogen (secondary N) is 1. The van der Waals surface area contributed by atoms with Crippen LogP contribution in [0.2, 0.25) is 0 Å². The number of rotatable bonds is 2. The van der Waals surface area contributed by atoms with Crippen molar-refractivity contribution in [1.82, 2.24) is 14.5 Å². The number of halogens is 3. The van der Waals surface area contributed by atoms with Gasteiger partial charge in [-0.25, -0.2) is 4.98 Å². The number of amides is 2. The first kappa shape index (κ1) is 19.2. The molecule has 1 unspecified atom stereocenters. The highest BCUT2D eigenvalue weighted by molar-refractivity contribution is 5.98. The number of alkyl halides is 3. The van der Waals surface area contributed by atoms with E-state index in [2.05, 4.69) is 10.3 Å². The van der Waals surface area contributed by atoms with Crippen molar-refractivity contribution in [3.63, 3.8) is 0 Å². The highest BCUT2D eigenvalue weighted by Crippen LogP contribution is 2.32. The lowest BCUT2D eigenvalue weighted by Crippen LogP contribution is -2.42. The van der Waals surface area contributed by atoms with E-state index in [1.807, 2.05) is 20.8 Å². The maximum atomic E-state index is 13.0. The Kier molecular flexibility index (Phi) is 4.44. The first-order chi connectivity index (χ1) is 12.4. The second kappa shape index (κ2) is 6.24. The summed E-state index contributed by atoms with van der Waals surface area (Å²) in [6, 6.07) is 4.41. The largest absolute Gasteiger partial charge is 0.449 e. The molecule has 0 saturated carbocycles. The van der Waals surface area contributed by atoms with E-state index in [4.69, 9.17) is 0 Å². The van der Waals surface area contributed by atoms with Gasteiger partial charge in [-0.2, -0.15) is 13.2 Å². The average molecular weight is 382 g/mol. The summed E-state index contributed by atoms with van der Waals surface area (Å²) in [5, 5.41) is 2.69. The zero-order chi connectivity index (χ0) is 20.1. The molecule has 0 aliphatic carbocycles. The van der Waals surface area contributed by atoms with Crippen LogP contribution in [0.15, 0.2) is 18.2 Å². The van der Waals surface area contributed by atoms with E-state index in [9.17, 15) is 22.8 Å². The van der Waals surface area contributed by atoms with Crippen molar-refractivity contribution in [1.29, 1.82) is 0 Å². The number of carbonyl (C=O) groups is 2. The molecule has 1 aromatic carbocycles. The number of aromatic nitrogens is 2. The first-order valence-electron chi connectivity index (χ1n) is 8.53. The summed E-state index contributed by atoms with van der Waals surface area (Å²) in [5.41, 5.74) is 0.435. The minimum Gasteiger partial charge on any atom is -0.337 e. The van der Waals surface area contributed by atoms with Crippen LogP contribution < -0.4 is 5.32 Å². The van der Waals surface area contributed by atoms with Gasteiger partial charge >= 0.3 is 6.18 Å². The van der Waals surface area contributed by atoms with Crippen LogP contribution in [0.5, 0.6) is 0 Å². The number of carbonyl (C=O) groups excluding carboxylic acids is 2. The number of fused-ring (bicyclic) bond motifs is 1. The smallest absolute Gasteiger partial charge is 0.337 e. The van der Waals surface area contributed by atoms with Gasteiger partial charge in [0.15, 0.2) is 0 Å². The van der Waals surface area contributed by atoms with Gasteiger partial charge in [-0.1, -0.05) is 0 Å². The van der Waals surface area contributed by atoms with Gasteiger partial charge in [0, 0.05) is 31.2 Å². The molecule has 2 aromatic rings. The van der Waals surface area contributed by atoms with Gasteiger partial charge in [-0.05, 0) is 39.0 Å². The number of benzene rings is 1. The fourth-order valence-corrected chi connectivity index (χ4v) is 3.31. The molecular formula is C18H21F3N4O2. The summed E-state index contributed by atoms with van der Waals surface area (Å²) >= 11 is 0. The van der Waals surface area contributed by atoms with Crippen molar-refractivity contribution in [3.05, 3.63) is 24.0 Å². The van der Waals surface area contributed by atoms with Gasteiger partial charge in [-0.3, -0.25) is 9.59 Å². The second-order valence-electron chi connectivity index (χ2n) is 7.76. The van der Waals surface area contributed by atoms with Crippen molar-refractivity contribution in [2.45, 2.75) is 38.9 Å². The fourth-order valence-electron chi connectivity index (χ4n) is 3.31. The molecule has 2 amide bonds. The van der Waals surface area contributed by atoms with Crippen LogP contribution in [0.1, 0.15) is 33.0 Å². The van der Waals surface area contributed by atoms with Gasteiger partial charge in [0.25, 0.3) is 0 Å². The number of hydrogen-bond donors (Lipinski definition) is 1. The lowest BCUT2D eigenvalue weighted by atomic mass is 10.1. The minimum absolute atomic E-state index is 0.0855. The highest BCUT2D eigenvalue weighted by Gasteiger charge is 2.39. The van der Waals surface area contributed by atoms with Crippen LogP contribution in [-0.2, 0) is 22.8 Å². The summed E-state index contributed by atoms with van der Waals surface area (Å²) in [4.78, 5) is 29.9. The Labute approximate surface area is 154 Å². The van der Waals surface area contributed by atoms with E-state index in [-0.39, 0.29) is 29.3 Å². The van der Waals surface area contributed by atoms with E-state index in [0.29, 0.717) is 17.7 Å². The van der Waals surface area contributed by atoms with Gasteiger partial charge in [0.2, 0.25) is 17.6 Å².